The topological polar surface area (TPSA) is 7.94 Å². The van der Waals surface area contributed by atoms with E-state index < -0.39 is 47.2 Å². The molecule has 1 aromatic heterocycles. The van der Waals surface area contributed by atoms with Gasteiger partial charge in [0.25, 0.3) is 0 Å². The first-order valence-electron chi connectivity index (χ1n) is 8.70. The molecule has 2 aliphatic rings. The summed E-state index contributed by atoms with van der Waals surface area (Å²) < 4.78 is 103. The standard InChI is InChI=1S/C19H14BF7N2/c1-7-5-9(3)28-18(7)12(11-13(21)15(23)17(25)16(24)14(11)22)19-8(2)6-10(4)29(19)20(28,26)27/h5-6H,1-4H3. The smallest absolute Gasteiger partial charge is 0.393 e. The van der Waals surface area contributed by atoms with Crippen molar-refractivity contribution in [3.05, 3.63) is 75.0 Å². The molecule has 0 amide bonds. The highest BCUT2D eigenvalue weighted by Gasteiger charge is 2.56. The van der Waals surface area contributed by atoms with Gasteiger partial charge < -0.3 is 17.6 Å². The molecule has 0 atom stereocenters. The first-order chi connectivity index (χ1) is 13.4. The third-order valence-corrected chi connectivity index (χ3v) is 5.39. The van der Waals surface area contributed by atoms with Crippen molar-refractivity contribution in [1.29, 1.82) is 0 Å². The van der Waals surface area contributed by atoms with E-state index in [1.165, 1.54) is 39.8 Å². The van der Waals surface area contributed by atoms with Gasteiger partial charge in [0.1, 0.15) is 5.71 Å². The molecule has 0 aliphatic carbocycles. The minimum atomic E-state index is -4.44. The van der Waals surface area contributed by atoms with Crippen LogP contribution in [0.25, 0.3) is 5.57 Å². The van der Waals surface area contributed by atoms with E-state index in [1.54, 1.807) is 0 Å². The molecule has 2 nitrogen and oxygen atoms in total. The zero-order valence-electron chi connectivity index (χ0n) is 15.8. The molecule has 2 aliphatic heterocycles. The van der Waals surface area contributed by atoms with Gasteiger partial charge in [0, 0.05) is 24.3 Å². The molecule has 0 N–H and O–H groups in total. The Labute approximate surface area is 161 Å². The number of aryl methyl sites for hydroxylation is 2. The fourth-order valence-corrected chi connectivity index (χ4v) is 4.36. The lowest BCUT2D eigenvalue weighted by Crippen LogP contribution is -2.51. The average molecular weight is 414 g/mol. The molecule has 0 spiro atoms. The van der Waals surface area contributed by atoms with Crippen molar-refractivity contribution in [2.24, 2.45) is 0 Å². The SMILES string of the molecule is CC1=CC(C)=[N+]2C1=C(c1c(F)c(F)c(F)c(F)c1F)c1c(C)cc(C)n1[B-]2(F)F. The third kappa shape index (κ3) is 2.28. The second kappa shape index (κ2) is 5.87. The largest absolute Gasteiger partial charge is 0.737 e. The Balaban J connectivity index is 2.27. The van der Waals surface area contributed by atoms with Crippen LogP contribution in [0.5, 0.6) is 0 Å². The van der Waals surface area contributed by atoms with Crippen molar-refractivity contribution < 1.29 is 35.1 Å². The molecule has 29 heavy (non-hydrogen) atoms. The van der Waals surface area contributed by atoms with Gasteiger partial charge in [-0.3, -0.25) is 0 Å². The lowest BCUT2D eigenvalue weighted by molar-refractivity contribution is -0.363. The molecule has 152 valence electrons. The van der Waals surface area contributed by atoms with Gasteiger partial charge in [0.05, 0.1) is 11.1 Å². The normalized spacial score (nSPS) is 17.7. The van der Waals surface area contributed by atoms with Crippen LogP contribution in [-0.4, -0.2) is 21.6 Å². The molecule has 2 aromatic rings. The van der Waals surface area contributed by atoms with Crippen LogP contribution in [0.15, 0.2) is 23.4 Å². The molecule has 1 aromatic carbocycles. The van der Waals surface area contributed by atoms with E-state index in [0.29, 0.717) is 8.96 Å². The molecular weight excluding hydrogens is 400 g/mol. The molecule has 0 saturated carbocycles. The zero-order chi connectivity index (χ0) is 21.6. The summed E-state index contributed by atoms with van der Waals surface area (Å²) in [6.45, 7) is 1.22. The number of aromatic nitrogens is 1. The van der Waals surface area contributed by atoms with Crippen molar-refractivity contribution in [1.82, 2.24) is 4.48 Å². The molecule has 0 radical (unpaired) electrons. The average Bonchev–Trinajstić information content (AvgIpc) is 3.10. The number of nitrogens with zero attached hydrogens (tertiary/aromatic N) is 2. The van der Waals surface area contributed by atoms with Gasteiger partial charge in [-0.15, -0.1) is 0 Å². The first kappa shape index (κ1) is 19.5. The van der Waals surface area contributed by atoms with Crippen LogP contribution in [0.2, 0.25) is 0 Å². The predicted octanol–water partition coefficient (Wildman–Crippen LogP) is 5.23. The van der Waals surface area contributed by atoms with E-state index >= 15 is 8.63 Å². The summed E-state index contributed by atoms with van der Waals surface area (Å²) in [6, 6.07) is 1.38. The van der Waals surface area contributed by atoms with Gasteiger partial charge in [0.2, 0.25) is 5.82 Å². The second-order valence-electron chi connectivity index (χ2n) is 7.28. The molecular formula is C19H14BF7N2. The summed E-state index contributed by atoms with van der Waals surface area (Å²) in [5, 5.41) is 0. The maximum Gasteiger partial charge on any atom is 0.737 e. The first-order valence-corrected chi connectivity index (χ1v) is 8.70. The number of fused-ring (bicyclic) bond motifs is 2. The second-order valence-corrected chi connectivity index (χ2v) is 7.28. The van der Waals surface area contributed by atoms with Crippen LogP contribution in [0, 0.1) is 42.9 Å². The Morgan fingerprint density at radius 2 is 1.34 bits per heavy atom. The van der Waals surface area contributed by atoms with Crippen LogP contribution in [0.3, 0.4) is 0 Å². The lowest BCUT2D eigenvalue weighted by Gasteiger charge is -2.34. The van der Waals surface area contributed by atoms with E-state index in [-0.39, 0.29) is 33.9 Å². The number of benzene rings is 1. The van der Waals surface area contributed by atoms with Crippen LogP contribution in [-0.2, 0) is 0 Å². The number of hydrogen-bond donors (Lipinski definition) is 0. The number of allylic oxidation sites excluding steroid dienone is 2. The van der Waals surface area contributed by atoms with Gasteiger partial charge in [-0.25, -0.2) is 22.0 Å². The van der Waals surface area contributed by atoms with Gasteiger partial charge in [-0.2, -0.15) is 0 Å². The quantitative estimate of drug-likeness (QED) is 0.262. The Bertz CT molecular complexity index is 1190. The predicted molar refractivity (Wildman–Crippen MR) is 94.2 cm³/mol. The summed E-state index contributed by atoms with van der Waals surface area (Å²) in [5.74, 6) is -10.7. The van der Waals surface area contributed by atoms with Gasteiger partial charge in [-0.05, 0) is 38.1 Å². The van der Waals surface area contributed by atoms with E-state index in [9.17, 15) is 22.0 Å². The van der Waals surface area contributed by atoms with Crippen molar-refractivity contribution in [2.45, 2.75) is 27.7 Å². The summed E-state index contributed by atoms with van der Waals surface area (Å²) in [6.07, 6.45) is 1.38. The maximum absolute atomic E-state index is 15.4. The highest BCUT2D eigenvalue weighted by molar-refractivity contribution is 6.58. The van der Waals surface area contributed by atoms with Gasteiger partial charge >= 0.3 is 6.97 Å². The highest BCUT2D eigenvalue weighted by atomic mass is 19.2. The molecule has 4 rings (SSSR count). The van der Waals surface area contributed by atoms with Crippen LogP contribution in [0.4, 0.5) is 30.6 Å². The van der Waals surface area contributed by atoms with E-state index in [4.69, 9.17) is 0 Å². The van der Waals surface area contributed by atoms with Crippen molar-refractivity contribution >= 4 is 18.3 Å². The van der Waals surface area contributed by atoms with Crippen molar-refractivity contribution in [2.75, 3.05) is 0 Å². The van der Waals surface area contributed by atoms with Crippen LogP contribution < -0.4 is 0 Å². The van der Waals surface area contributed by atoms with E-state index in [2.05, 4.69) is 0 Å². The maximum atomic E-state index is 15.4. The van der Waals surface area contributed by atoms with Crippen molar-refractivity contribution in [3.63, 3.8) is 0 Å². The van der Waals surface area contributed by atoms with E-state index in [1.807, 2.05) is 0 Å². The Morgan fingerprint density at radius 1 is 0.828 bits per heavy atom. The zero-order valence-corrected chi connectivity index (χ0v) is 15.8. The fraction of sp³-hybridized carbons (Fsp3) is 0.211. The highest BCUT2D eigenvalue weighted by Crippen LogP contribution is 2.46. The Kier molecular flexibility index (Phi) is 3.95. The minimum Gasteiger partial charge on any atom is -0.393 e. The summed E-state index contributed by atoms with van der Waals surface area (Å²) in [5.41, 5.74) is -1.58. The number of halogens is 7. The van der Waals surface area contributed by atoms with Gasteiger partial charge in [0.15, 0.2) is 29.0 Å². The number of hydrogen-bond acceptors (Lipinski definition) is 0. The summed E-state index contributed by atoms with van der Waals surface area (Å²) >= 11 is 0. The minimum absolute atomic E-state index is 0.0975. The van der Waals surface area contributed by atoms with Crippen molar-refractivity contribution in [3.8, 4) is 0 Å². The Hall–Kier alpha value is -2.78. The Morgan fingerprint density at radius 3 is 1.90 bits per heavy atom. The molecule has 10 heteroatoms. The molecule has 3 heterocycles. The molecule has 0 bridgehead atoms. The summed E-state index contributed by atoms with van der Waals surface area (Å²) in [4.78, 5) is 0. The number of rotatable bonds is 1. The molecule has 0 fully saturated rings. The van der Waals surface area contributed by atoms with Crippen LogP contribution in [0.1, 0.15) is 36.4 Å². The summed E-state index contributed by atoms with van der Waals surface area (Å²) in [7, 11) is 0. The van der Waals surface area contributed by atoms with Crippen LogP contribution >= 0.6 is 0 Å². The van der Waals surface area contributed by atoms with E-state index in [0.717, 1.165) is 0 Å². The lowest BCUT2D eigenvalue weighted by atomic mass is 9.83. The molecule has 0 unspecified atom stereocenters. The monoisotopic (exact) mass is 414 g/mol. The fourth-order valence-electron chi connectivity index (χ4n) is 4.36. The third-order valence-electron chi connectivity index (χ3n) is 5.39. The molecule has 0 saturated heterocycles. The van der Waals surface area contributed by atoms with Gasteiger partial charge in [-0.1, -0.05) is 0 Å².